The first-order valence-electron chi connectivity index (χ1n) is 4.91. The zero-order chi connectivity index (χ0) is 10.4. The van der Waals surface area contributed by atoms with E-state index in [0.29, 0.717) is 18.2 Å². The predicted octanol–water partition coefficient (Wildman–Crippen LogP) is 1.50. The summed E-state index contributed by atoms with van der Waals surface area (Å²) in [6.07, 6.45) is 4.22. The molecular weight excluding hydrogens is 198 g/mol. The van der Waals surface area contributed by atoms with Crippen LogP contribution in [0, 0.1) is 0 Å². The molecule has 14 heavy (non-hydrogen) atoms. The first kappa shape index (κ1) is 11.6. The van der Waals surface area contributed by atoms with Crippen molar-refractivity contribution in [3.05, 3.63) is 11.6 Å². The average Bonchev–Trinajstić information content (AvgIpc) is 2.19. The first-order chi connectivity index (χ1) is 6.70. The van der Waals surface area contributed by atoms with Gasteiger partial charge in [-0.1, -0.05) is 6.08 Å². The summed E-state index contributed by atoms with van der Waals surface area (Å²) in [7, 11) is 0. The van der Waals surface area contributed by atoms with Crippen LogP contribution >= 0.6 is 11.8 Å². The van der Waals surface area contributed by atoms with Gasteiger partial charge in [0.25, 0.3) is 0 Å². The molecule has 4 heteroatoms. The van der Waals surface area contributed by atoms with Crippen LogP contribution in [0.25, 0.3) is 0 Å². The summed E-state index contributed by atoms with van der Waals surface area (Å²) in [6.45, 7) is 2.29. The molecule has 0 bridgehead atoms. The second-order valence-corrected chi connectivity index (χ2v) is 4.66. The van der Waals surface area contributed by atoms with Crippen molar-refractivity contribution in [1.82, 2.24) is 5.32 Å². The third kappa shape index (κ3) is 4.15. The Labute approximate surface area is 89.0 Å². The highest BCUT2D eigenvalue weighted by molar-refractivity contribution is 7.99. The van der Waals surface area contributed by atoms with Crippen LogP contribution in [0.5, 0.6) is 0 Å². The molecule has 0 aromatic heterocycles. The molecule has 0 aromatic carbocycles. The molecule has 1 saturated heterocycles. The van der Waals surface area contributed by atoms with Gasteiger partial charge in [0.2, 0.25) is 0 Å². The van der Waals surface area contributed by atoms with Crippen LogP contribution in [0.15, 0.2) is 11.6 Å². The highest BCUT2D eigenvalue weighted by atomic mass is 32.2. The summed E-state index contributed by atoms with van der Waals surface area (Å²) >= 11 is 1.97. The first-order valence-corrected chi connectivity index (χ1v) is 6.07. The number of carboxylic acids is 1. The molecule has 0 spiro atoms. The number of hydrogen-bond acceptors (Lipinski definition) is 3. The van der Waals surface area contributed by atoms with Crippen LogP contribution in [0.1, 0.15) is 19.8 Å². The van der Waals surface area contributed by atoms with Crippen molar-refractivity contribution in [3.8, 4) is 0 Å². The van der Waals surface area contributed by atoms with Crippen molar-refractivity contribution < 1.29 is 9.90 Å². The lowest BCUT2D eigenvalue weighted by Crippen LogP contribution is -2.33. The molecule has 1 atom stereocenters. The predicted molar refractivity (Wildman–Crippen MR) is 59.7 cm³/mol. The Kier molecular flexibility index (Phi) is 5.04. The molecule has 1 fully saturated rings. The molecule has 0 aliphatic carbocycles. The van der Waals surface area contributed by atoms with Crippen LogP contribution in [0.4, 0.5) is 0 Å². The maximum atomic E-state index is 10.5. The van der Waals surface area contributed by atoms with Gasteiger partial charge in [0.1, 0.15) is 0 Å². The van der Waals surface area contributed by atoms with Crippen LogP contribution in [-0.4, -0.2) is 35.2 Å². The van der Waals surface area contributed by atoms with E-state index in [2.05, 4.69) is 5.32 Å². The maximum Gasteiger partial charge on any atom is 0.330 e. The van der Waals surface area contributed by atoms with E-state index >= 15 is 0 Å². The molecule has 1 rings (SSSR count). The van der Waals surface area contributed by atoms with E-state index in [-0.39, 0.29) is 0 Å². The summed E-state index contributed by atoms with van der Waals surface area (Å²) in [5.41, 5.74) is 0.418. The van der Waals surface area contributed by atoms with Gasteiger partial charge >= 0.3 is 5.97 Å². The van der Waals surface area contributed by atoms with Crippen LogP contribution < -0.4 is 5.32 Å². The third-order valence-corrected chi connectivity index (χ3v) is 3.53. The normalized spacial score (nSPS) is 23.5. The molecule has 3 nitrogen and oxygen atoms in total. The Balaban J connectivity index is 2.19. The lowest BCUT2D eigenvalue weighted by Gasteiger charge is -2.21. The Bertz CT molecular complexity index is 222. The van der Waals surface area contributed by atoms with E-state index in [9.17, 15) is 4.79 Å². The minimum atomic E-state index is -0.829. The fraction of sp³-hybridized carbons (Fsp3) is 0.700. The number of thioether (sulfide) groups is 1. The van der Waals surface area contributed by atoms with Gasteiger partial charge in [0.15, 0.2) is 0 Å². The quantitative estimate of drug-likeness (QED) is 0.698. The van der Waals surface area contributed by atoms with Crippen molar-refractivity contribution in [2.45, 2.75) is 25.8 Å². The number of carboxylic acid groups (broad SMARTS) is 1. The third-order valence-electron chi connectivity index (χ3n) is 2.31. The van der Waals surface area contributed by atoms with Gasteiger partial charge in [-0.3, -0.25) is 0 Å². The Morgan fingerprint density at radius 2 is 2.50 bits per heavy atom. The SMILES string of the molecule is CC(=CCNC1CCCSC1)C(=O)O. The van der Waals surface area contributed by atoms with Crippen LogP contribution in [0.2, 0.25) is 0 Å². The van der Waals surface area contributed by atoms with E-state index < -0.39 is 5.97 Å². The molecule has 80 valence electrons. The molecule has 0 radical (unpaired) electrons. The van der Waals surface area contributed by atoms with Gasteiger partial charge < -0.3 is 10.4 Å². The zero-order valence-corrected chi connectivity index (χ0v) is 9.27. The number of carbonyl (C=O) groups is 1. The topological polar surface area (TPSA) is 49.3 Å². The molecule has 2 N–H and O–H groups in total. The summed E-state index contributed by atoms with van der Waals surface area (Å²) in [5.74, 6) is 1.59. The lowest BCUT2D eigenvalue weighted by molar-refractivity contribution is -0.132. The summed E-state index contributed by atoms with van der Waals surface area (Å²) in [6, 6.07) is 0.562. The summed E-state index contributed by atoms with van der Waals surface area (Å²) in [4.78, 5) is 10.5. The van der Waals surface area contributed by atoms with Crippen molar-refractivity contribution >= 4 is 17.7 Å². The fourth-order valence-electron chi connectivity index (χ4n) is 1.37. The average molecular weight is 215 g/mol. The van der Waals surface area contributed by atoms with E-state index in [1.807, 2.05) is 11.8 Å². The second kappa shape index (κ2) is 6.09. The van der Waals surface area contributed by atoms with Crippen molar-refractivity contribution in [2.75, 3.05) is 18.1 Å². The molecular formula is C10H17NO2S. The number of rotatable bonds is 4. The number of aliphatic carboxylic acids is 1. The smallest absolute Gasteiger partial charge is 0.330 e. The minimum Gasteiger partial charge on any atom is -0.478 e. The van der Waals surface area contributed by atoms with E-state index in [1.54, 1.807) is 13.0 Å². The molecule has 1 heterocycles. The second-order valence-electron chi connectivity index (χ2n) is 3.51. The number of hydrogen-bond donors (Lipinski definition) is 2. The highest BCUT2D eigenvalue weighted by Crippen LogP contribution is 2.16. The van der Waals surface area contributed by atoms with Gasteiger partial charge in [-0.25, -0.2) is 4.79 Å². The Morgan fingerprint density at radius 3 is 3.07 bits per heavy atom. The van der Waals surface area contributed by atoms with Crippen LogP contribution in [0.3, 0.4) is 0 Å². The minimum absolute atomic E-state index is 0.418. The number of nitrogens with one attached hydrogen (secondary N) is 1. The fourth-order valence-corrected chi connectivity index (χ4v) is 2.47. The Hall–Kier alpha value is -0.480. The molecule has 1 aliphatic rings. The van der Waals surface area contributed by atoms with E-state index in [0.717, 1.165) is 5.75 Å². The van der Waals surface area contributed by atoms with Gasteiger partial charge in [-0.05, 0) is 25.5 Å². The molecule has 1 unspecified atom stereocenters. The van der Waals surface area contributed by atoms with Crippen LogP contribution in [-0.2, 0) is 4.79 Å². The zero-order valence-electron chi connectivity index (χ0n) is 8.45. The van der Waals surface area contributed by atoms with E-state index in [1.165, 1.54) is 18.6 Å². The van der Waals surface area contributed by atoms with Gasteiger partial charge in [-0.15, -0.1) is 0 Å². The van der Waals surface area contributed by atoms with Crippen molar-refractivity contribution in [3.63, 3.8) is 0 Å². The van der Waals surface area contributed by atoms with E-state index in [4.69, 9.17) is 5.11 Å². The molecule has 0 amide bonds. The molecule has 1 aliphatic heterocycles. The molecule has 0 saturated carbocycles. The largest absolute Gasteiger partial charge is 0.478 e. The summed E-state index contributed by atoms with van der Waals surface area (Å²) < 4.78 is 0. The molecule has 0 aromatic rings. The monoisotopic (exact) mass is 215 g/mol. The summed E-state index contributed by atoms with van der Waals surface area (Å²) in [5, 5.41) is 12.0. The highest BCUT2D eigenvalue weighted by Gasteiger charge is 2.11. The van der Waals surface area contributed by atoms with Gasteiger partial charge in [-0.2, -0.15) is 11.8 Å². The lowest BCUT2D eigenvalue weighted by atomic mass is 10.2. The van der Waals surface area contributed by atoms with Crippen molar-refractivity contribution in [2.24, 2.45) is 0 Å². The standard InChI is InChI=1S/C10H17NO2S/c1-8(10(12)13)4-5-11-9-3-2-6-14-7-9/h4,9,11H,2-3,5-7H2,1H3,(H,12,13). The van der Waals surface area contributed by atoms with Gasteiger partial charge in [0.05, 0.1) is 0 Å². The maximum absolute atomic E-state index is 10.5. The van der Waals surface area contributed by atoms with Gasteiger partial charge in [0, 0.05) is 23.9 Å². The Morgan fingerprint density at radius 1 is 1.71 bits per heavy atom. The van der Waals surface area contributed by atoms with Crippen molar-refractivity contribution in [1.29, 1.82) is 0 Å².